The molecule has 208 valence electrons. The predicted octanol–water partition coefficient (Wildman–Crippen LogP) is 2.99. The molecule has 0 bridgehead atoms. The summed E-state index contributed by atoms with van der Waals surface area (Å²) in [4.78, 5) is 35.8. The van der Waals surface area contributed by atoms with Gasteiger partial charge in [0.2, 0.25) is 5.91 Å². The van der Waals surface area contributed by atoms with E-state index in [9.17, 15) is 9.59 Å². The molecular formula is C26H41Cl2N5O4. The van der Waals surface area contributed by atoms with Gasteiger partial charge in [0.1, 0.15) is 0 Å². The van der Waals surface area contributed by atoms with E-state index in [-0.39, 0.29) is 54.6 Å². The lowest BCUT2D eigenvalue weighted by Gasteiger charge is -2.41. The summed E-state index contributed by atoms with van der Waals surface area (Å²) in [6, 6.07) is 7.81. The predicted molar refractivity (Wildman–Crippen MR) is 149 cm³/mol. The smallest absolute Gasteiger partial charge is 0.290 e. The third kappa shape index (κ3) is 7.35. The number of rotatable bonds is 9. The van der Waals surface area contributed by atoms with Crippen LogP contribution in [-0.2, 0) is 20.8 Å². The van der Waals surface area contributed by atoms with Crippen molar-refractivity contribution in [3.63, 3.8) is 0 Å². The van der Waals surface area contributed by atoms with E-state index in [1.54, 1.807) is 7.11 Å². The number of carbonyl (C=O) groups excluding carboxylic acids is 2. The van der Waals surface area contributed by atoms with Crippen molar-refractivity contribution in [1.82, 2.24) is 24.7 Å². The van der Waals surface area contributed by atoms with Crippen LogP contribution in [-0.4, -0.2) is 96.4 Å². The van der Waals surface area contributed by atoms with Crippen LogP contribution in [0.15, 0.2) is 24.3 Å². The molecule has 2 aliphatic rings. The molecule has 1 aromatic carbocycles. The van der Waals surface area contributed by atoms with Gasteiger partial charge in [-0.2, -0.15) is 0 Å². The SMILES string of the molecule is COCCCCn1c(C(=O)N(C(C)C)[C@@H]2CNC[C@H](C(=O)N3CCOCC3)C2)nc2ccccc21.Cl.Cl. The largest absolute Gasteiger partial charge is 0.385 e. The summed E-state index contributed by atoms with van der Waals surface area (Å²) in [5, 5.41) is 3.42. The molecule has 0 unspecified atom stereocenters. The zero-order valence-electron chi connectivity index (χ0n) is 22.1. The second-order valence-electron chi connectivity index (χ2n) is 9.76. The number of nitrogens with zero attached hydrogens (tertiary/aromatic N) is 4. The van der Waals surface area contributed by atoms with Gasteiger partial charge in [0.25, 0.3) is 5.91 Å². The molecule has 1 N–H and O–H groups in total. The van der Waals surface area contributed by atoms with Crippen LogP contribution < -0.4 is 5.32 Å². The second kappa shape index (κ2) is 14.9. The minimum atomic E-state index is -0.145. The van der Waals surface area contributed by atoms with Gasteiger partial charge in [-0.3, -0.25) is 9.59 Å². The first-order valence-corrected chi connectivity index (χ1v) is 12.9. The van der Waals surface area contributed by atoms with E-state index in [0.717, 1.165) is 23.9 Å². The van der Waals surface area contributed by atoms with Gasteiger partial charge in [-0.05, 0) is 45.2 Å². The van der Waals surface area contributed by atoms with Crippen molar-refractivity contribution in [2.24, 2.45) is 5.92 Å². The van der Waals surface area contributed by atoms with Crippen LogP contribution in [0.25, 0.3) is 11.0 Å². The standard InChI is InChI=1S/C26H39N5O4.2ClH/c1-19(2)31(21-16-20(17-27-18-21)25(32)29-11-14-35-15-12-29)26(33)24-28-22-8-4-5-9-23(22)30(24)10-6-7-13-34-3;;/h4-5,8-9,19-21,27H,6-7,10-18H2,1-3H3;2*1H/t20-,21+;;/m1../s1. The summed E-state index contributed by atoms with van der Waals surface area (Å²) < 4.78 is 12.7. The van der Waals surface area contributed by atoms with Crippen molar-refractivity contribution in [2.45, 2.75) is 51.7 Å². The van der Waals surface area contributed by atoms with E-state index in [1.165, 1.54) is 0 Å². The Morgan fingerprint density at radius 3 is 2.59 bits per heavy atom. The number of fused-ring (bicyclic) bond motifs is 1. The second-order valence-corrected chi connectivity index (χ2v) is 9.76. The number of carbonyl (C=O) groups is 2. The maximum atomic E-state index is 14.0. The number of amides is 2. The average molecular weight is 559 g/mol. The lowest BCUT2D eigenvalue weighted by Crippen LogP contribution is -2.57. The molecule has 0 radical (unpaired) electrons. The van der Waals surface area contributed by atoms with Gasteiger partial charge in [0.15, 0.2) is 5.82 Å². The summed E-state index contributed by atoms with van der Waals surface area (Å²) in [6.07, 6.45) is 2.47. The molecule has 2 fully saturated rings. The topological polar surface area (TPSA) is 88.9 Å². The molecule has 1 aromatic heterocycles. The van der Waals surface area contributed by atoms with Crippen LogP contribution in [0.5, 0.6) is 0 Å². The molecule has 0 spiro atoms. The van der Waals surface area contributed by atoms with Gasteiger partial charge >= 0.3 is 0 Å². The molecule has 2 amide bonds. The molecule has 11 heteroatoms. The van der Waals surface area contributed by atoms with Crippen molar-refractivity contribution in [2.75, 3.05) is 53.1 Å². The number of hydrogen-bond acceptors (Lipinski definition) is 6. The number of methoxy groups -OCH3 is 1. The van der Waals surface area contributed by atoms with E-state index in [1.807, 2.05) is 47.9 Å². The monoisotopic (exact) mass is 557 g/mol. The molecule has 2 aromatic rings. The van der Waals surface area contributed by atoms with Gasteiger partial charge < -0.3 is 29.2 Å². The molecule has 2 atom stereocenters. The van der Waals surface area contributed by atoms with Crippen molar-refractivity contribution in [3.05, 3.63) is 30.1 Å². The number of aromatic nitrogens is 2. The quantitative estimate of drug-likeness (QED) is 0.477. The average Bonchev–Trinajstić information content (AvgIpc) is 3.25. The number of para-hydroxylation sites is 2. The molecule has 2 aliphatic heterocycles. The van der Waals surface area contributed by atoms with Gasteiger partial charge in [-0.25, -0.2) is 4.98 Å². The number of morpholine rings is 1. The fourth-order valence-electron chi connectivity index (χ4n) is 5.28. The number of piperidine rings is 1. The highest BCUT2D eigenvalue weighted by molar-refractivity contribution is 5.95. The maximum Gasteiger partial charge on any atom is 0.290 e. The minimum absolute atomic E-state index is 0. The molecule has 2 saturated heterocycles. The summed E-state index contributed by atoms with van der Waals surface area (Å²) in [5.74, 6) is 0.411. The number of nitrogens with one attached hydrogen (secondary N) is 1. The highest BCUT2D eigenvalue weighted by Gasteiger charge is 2.37. The van der Waals surface area contributed by atoms with Crippen molar-refractivity contribution in [1.29, 1.82) is 0 Å². The number of unbranched alkanes of at least 4 members (excludes halogenated alkanes) is 1. The van der Waals surface area contributed by atoms with Gasteiger partial charge in [0.05, 0.1) is 30.2 Å². The molecule has 0 saturated carbocycles. The van der Waals surface area contributed by atoms with Crippen molar-refractivity contribution >= 4 is 47.7 Å². The van der Waals surface area contributed by atoms with Gasteiger partial charge in [0, 0.05) is 58.5 Å². The number of ether oxygens (including phenoxy) is 2. The molecule has 4 rings (SSSR count). The Morgan fingerprint density at radius 2 is 1.89 bits per heavy atom. The first-order valence-electron chi connectivity index (χ1n) is 12.9. The van der Waals surface area contributed by atoms with E-state index < -0.39 is 0 Å². The number of imidazole rings is 1. The lowest BCUT2D eigenvalue weighted by molar-refractivity contribution is -0.140. The van der Waals surface area contributed by atoms with Crippen LogP contribution in [0.2, 0.25) is 0 Å². The molecule has 9 nitrogen and oxygen atoms in total. The van der Waals surface area contributed by atoms with E-state index in [2.05, 4.69) is 9.88 Å². The number of benzene rings is 1. The zero-order valence-corrected chi connectivity index (χ0v) is 23.7. The number of aryl methyl sites for hydroxylation is 1. The van der Waals surface area contributed by atoms with Crippen LogP contribution >= 0.6 is 24.8 Å². The fraction of sp³-hybridized carbons (Fsp3) is 0.654. The summed E-state index contributed by atoms with van der Waals surface area (Å²) in [7, 11) is 1.71. The van der Waals surface area contributed by atoms with Crippen molar-refractivity contribution < 1.29 is 19.1 Å². The van der Waals surface area contributed by atoms with E-state index >= 15 is 0 Å². The van der Waals surface area contributed by atoms with Crippen LogP contribution in [0.4, 0.5) is 0 Å². The first-order chi connectivity index (χ1) is 17.0. The Morgan fingerprint density at radius 1 is 1.16 bits per heavy atom. The van der Waals surface area contributed by atoms with Crippen LogP contribution in [0.1, 0.15) is 43.7 Å². The molecular weight excluding hydrogens is 517 g/mol. The zero-order chi connectivity index (χ0) is 24.8. The molecule has 37 heavy (non-hydrogen) atoms. The molecule has 0 aliphatic carbocycles. The normalized spacial score (nSPS) is 19.8. The third-order valence-corrected chi connectivity index (χ3v) is 7.01. The van der Waals surface area contributed by atoms with Gasteiger partial charge in [-0.15, -0.1) is 24.8 Å². The Hall–Kier alpha value is -1.91. The van der Waals surface area contributed by atoms with Gasteiger partial charge in [-0.1, -0.05) is 12.1 Å². The summed E-state index contributed by atoms with van der Waals surface area (Å²) in [5.41, 5.74) is 1.80. The Balaban J connectivity index is 0.00000241. The fourth-order valence-corrected chi connectivity index (χ4v) is 5.28. The maximum absolute atomic E-state index is 14.0. The highest BCUT2D eigenvalue weighted by Crippen LogP contribution is 2.25. The Kier molecular flexibility index (Phi) is 12.6. The van der Waals surface area contributed by atoms with E-state index in [0.29, 0.717) is 64.8 Å². The van der Waals surface area contributed by atoms with Crippen LogP contribution in [0.3, 0.4) is 0 Å². The Bertz CT molecular complexity index is 1010. The van der Waals surface area contributed by atoms with Crippen molar-refractivity contribution in [3.8, 4) is 0 Å². The molecule has 3 heterocycles. The summed E-state index contributed by atoms with van der Waals surface area (Å²) in [6.45, 7) is 9.25. The summed E-state index contributed by atoms with van der Waals surface area (Å²) >= 11 is 0. The Labute approximate surface area is 232 Å². The number of hydrogen-bond donors (Lipinski definition) is 1. The minimum Gasteiger partial charge on any atom is -0.385 e. The first kappa shape index (κ1) is 31.3. The highest BCUT2D eigenvalue weighted by atomic mass is 35.5. The number of halogens is 2. The van der Waals surface area contributed by atoms with Crippen LogP contribution in [0, 0.1) is 5.92 Å². The lowest BCUT2D eigenvalue weighted by atomic mass is 9.92. The third-order valence-electron chi connectivity index (χ3n) is 7.01. The van der Waals surface area contributed by atoms with E-state index in [4.69, 9.17) is 14.5 Å².